The minimum atomic E-state index is -0.156. The molecule has 0 fully saturated rings. The van der Waals surface area contributed by atoms with E-state index < -0.39 is 0 Å². The van der Waals surface area contributed by atoms with Crippen molar-refractivity contribution in [1.29, 1.82) is 0 Å². The molecule has 1 rings (SSSR count). The predicted octanol–water partition coefficient (Wildman–Crippen LogP) is 2.35. The molecule has 1 heterocycles. The highest BCUT2D eigenvalue weighted by Gasteiger charge is 2.25. The summed E-state index contributed by atoms with van der Waals surface area (Å²) < 4.78 is 5.16. The lowest BCUT2D eigenvalue weighted by molar-refractivity contribution is 0.111. The highest BCUT2D eigenvalue weighted by molar-refractivity contribution is 5.78. The Morgan fingerprint density at radius 2 is 2.08 bits per heavy atom. The summed E-state index contributed by atoms with van der Waals surface area (Å²) in [5.74, 6) is 0.680. The lowest BCUT2D eigenvalue weighted by Gasteiger charge is -2.13. The van der Waals surface area contributed by atoms with Crippen molar-refractivity contribution < 1.29 is 9.32 Å². The lowest BCUT2D eigenvalue weighted by Crippen LogP contribution is -2.12. The van der Waals surface area contributed by atoms with Crippen LogP contribution in [0.1, 0.15) is 49.5 Å². The van der Waals surface area contributed by atoms with Gasteiger partial charge in [0.15, 0.2) is 12.0 Å². The fourth-order valence-corrected chi connectivity index (χ4v) is 1.25. The van der Waals surface area contributed by atoms with Crippen molar-refractivity contribution in [2.24, 2.45) is 0 Å². The number of hydrogen-bond donors (Lipinski definition) is 0. The zero-order chi connectivity index (χ0) is 10.1. The molecule has 0 amide bonds. The van der Waals surface area contributed by atoms with Crippen LogP contribution in [-0.2, 0) is 11.8 Å². The van der Waals surface area contributed by atoms with Crippen LogP contribution in [0, 0.1) is 0 Å². The van der Waals surface area contributed by atoms with E-state index in [2.05, 4.69) is 5.16 Å². The number of carbonyl (C=O) groups is 1. The molecule has 0 saturated carbocycles. The Morgan fingerprint density at radius 1 is 1.46 bits per heavy atom. The molecule has 0 atom stereocenters. The van der Waals surface area contributed by atoms with E-state index in [1.807, 2.05) is 27.7 Å². The maximum absolute atomic E-state index is 10.8. The molecular formula is C10H15NO2. The summed E-state index contributed by atoms with van der Waals surface area (Å²) in [6.07, 6.45) is 1.56. The zero-order valence-electron chi connectivity index (χ0n) is 8.55. The average molecular weight is 181 g/mol. The standard InChI is InChI=1S/C10H15NO2/c1-5-8-7(6-12)9(13-11-8)10(2,3)4/h6H,5H2,1-4H3. The molecule has 3 heteroatoms. The Labute approximate surface area is 78.1 Å². The van der Waals surface area contributed by atoms with Crippen molar-refractivity contribution in [3.8, 4) is 0 Å². The van der Waals surface area contributed by atoms with E-state index in [1.54, 1.807) is 0 Å². The third-order valence-corrected chi connectivity index (χ3v) is 1.94. The summed E-state index contributed by atoms with van der Waals surface area (Å²) >= 11 is 0. The third-order valence-electron chi connectivity index (χ3n) is 1.94. The van der Waals surface area contributed by atoms with Crippen molar-refractivity contribution in [3.05, 3.63) is 17.0 Å². The topological polar surface area (TPSA) is 43.1 Å². The van der Waals surface area contributed by atoms with Crippen molar-refractivity contribution in [3.63, 3.8) is 0 Å². The van der Waals surface area contributed by atoms with Crippen LogP contribution in [0.5, 0.6) is 0 Å². The van der Waals surface area contributed by atoms with Crippen molar-refractivity contribution in [1.82, 2.24) is 5.16 Å². The fraction of sp³-hybridized carbons (Fsp3) is 0.600. The molecule has 0 radical (unpaired) electrons. The van der Waals surface area contributed by atoms with E-state index in [1.165, 1.54) is 0 Å². The summed E-state index contributed by atoms with van der Waals surface area (Å²) in [5.41, 5.74) is 1.21. The third kappa shape index (κ3) is 1.79. The van der Waals surface area contributed by atoms with E-state index in [-0.39, 0.29) is 5.41 Å². The van der Waals surface area contributed by atoms with Gasteiger partial charge < -0.3 is 4.52 Å². The number of rotatable bonds is 2. The molecule has 0 aliphatic heterocycles. The van der Waals surface area contributed by atoms with Crippen LogP contribution in [0.15, 0.2) is 4.52 Å². The van der Waals surface area contributed by atoms with Gasteiger partial charge in [-0.15, -0.1) is 0 Å². The van der Waals surface area contributed by atoms with Crippen LogP contribution < -0.4 is 0 Å². The smallest absolute Gasteiger partial charge is 0.155 e. The quantitative estimate of drug-likeness (QED) is 0.658. The summed E-state index contributed by atoms with van der Waals surface area (Å²) in [6, 6.07) is 0. The molecule has 0 bridgehead atoms. The Bertz CT molecular complexity index is 307. The largest absolute Gasteiger partial charge is 0.360 e. The molecule has 0 unspecified atom stereocenters. The van der Waals surface area contributed by atoms with Gasteiger partial charge in [-0.1, -0.05) is 32.9 Å². The zero-order valence-corrected chi connectivity index (χ0v) is 8.55. The number of carbonyl (C=O) groups excluding carboxylic acids is 1. The van der Waals surface area contributed by atoms with Gasteiger partial charge in [-0.05, 0) is 6.42 Å². The van der Waals surface area contributed by atoms with E-state index in [9.17, 15) is 4.79 Å². The minimum Gasteiger partial charge on any atom is -0.360 e. The summed E-state index contributed by atoms with van der Waals surface area (Å²) in [4.78, 5) is 10.8. The summed E-state index contributed by atoms with van der Waals surface area (Å²) in [6.45, 7) is 7.96. The van der Waals surface area contributed by atoms with Crippen LogP contribution in [0.25, 0.3) is 0 Å². The van der Waals surface area contributed by atoms with Gasteiger partial charge in [-0.3, -0.25) is 4.79 Å². The van der Waals surface area contributed by atoms with Gasteiger partial charge in [0.25, 0.3) is 0 Å². The van der Waals surface area contributed by atoms with Crippen LogP contribution in [0.2, 0.25) is 0 Å². The SMILES string of the molecule is CCc1noc(C(C)(C)C)c1C=O. The molecule has 0 N–H and O–H groups in total. The normalized spacial score (nSPS) is 11.7. The Kier molecular flexibility index (Phi) is 2.55. The molecule has 0 aliphatic rings. The lowest BCUT2D eigenvalue weighted by atomic mass is 9.90. The molecule has 0 aromatic carbocycles. The Balaban J connectivity index is 3.23. The van der Waals surface area contributed by atoms with Gasteiger partial charge in [-0.2, -0.15) is 0 Å². The fourth-order valence-electron chi connectivity index (χ4n) is 1.25. The molecule has 0 aliphatic carbocycles. The van der Waals surface area contributed by atoms with E-state index in [4.69, 9.17) is 4.52 Å². The first-order valence-corrected chi connectivity index (χ1v) is 4.45. The first-order chi connectivity index (χ1) is 6.00. The maximum Gasteiger partial charge on any atom is 0.155 e. The van der Waals surface area contributed by atoms with Gasteiger partial charge >= 0.3 is 0 Å². The Hall–Kier alpha value is -1.12. The van der Waals surface area contributed by atoms with Gasteiger partial charge in [-0.25, -0.2) is 0 Å². The second kappa shape index (κ2) is 3.32. The second-order valence-electron chi connectivity index (χ2n) is 4.09. The second-order valence-corrected chi connectivity index (χ2v) is 4.09. The number of aromatic nitrogens is 1. The molecule has 0 spiro atoms. The number of aldehydes is 1. The number of nitrogens with zero attached hydrogens (tertiary/aromatic N) is 1. The highest BCUT2D eigenvalue weighted by Crippen LogP contribution is 2.26. The maximum atomic E-state index is 10.8. The molecule has 1 aromatic rings. The van der Waals surface area contributed by atoms with E-state index in [0.29, 0.717) is 11.3 Å². The summed E-state index contributed by atoms with van der Waals surface area (Å²) in [7, 11) is 0. The molecular weight excluding hydrogens is 166 g/mol. The number of hydrogen-bond acceptors (Lipinski definition) is 3. The molecule has 0 saturated heterocycles. The van der Waals surface area contributed by atoms with Crippen molar-refractivity contribution in [2.75, 3.05) is 0 Å². The highest BCUT2D eigenvalue weighted by atomic mass is 16.5. The molecule has 72 valence electrons. The van der Waals surface area contributed by atoms with Crippen LogP contribution in [-0.4, -0.2) is 11.4 Å². The first-order valence-electron chi connectivity index (χ1n) is 4.45. The van der Waals surface area contributed by atoms with Crippen molar-refractivity contribution in [2.45, 2.75) is 39.5 Å². The molecule has 1 aromatic heterocycles. The van der Waals surface area contributed by atoms with Crippen LogP contribution in [0.4, 0.5) is 0 Å². The van der Waals surface area contributed by atoms with Crippen LogP contribution >= 0.6 is 0 Å². The number of aryl methyl sites for hydroxylation is 1. The van der Waals surface area contributed by atoms with Crippen LogP contribution in [0.3, 0.4) is 0 Å². The van der Waals surface area contributed by atoms with Gasteiger partial charge in [0, 0.05) is 5.41 Å². The first kappa shape index (κ1) is 9.96. The van der Waals surface area contributed by atoms with Crippen molar-refractivity contribution >= 4 is 6.29 Å². The minimum absolute atomic E-state index is 0.156. The van der Waals surface area contributed by atoms with Gasteiger partial charge in [0.05, 0.1) is 11.3 Å². The average Bonchev–Trinajstić information content (AvgIpc) is 2.45. The molecule has 3 nitrogen and oxygen atoms in total. The molecule has 13 heavy (non-hydrogen) atoms. The van der Waals surface area contributed by atoms with Gasteiger partial charge in [0.2, 0.25) is 0 Å². The summed E-state index contributed by atoms with van der Waals surface area (Å²) in [5, 5.41) is 3.87. The van der Waals surface area contributed by atoms with E-state index in [0.717, 1.165) is 18.4 Å². The monoisotopic (exact) mass is 181 g/mol. The predicted molar refractivity (Wildman–Crippen MR) is 50.0 cm³/mol. The van der Waals surface area contributed by atoms with E-state index >= 15 is 0 Å². The van der Waals surface area contributed by atoms with Gasteiger partial charge in [0.1, 0.15) is 0 Å². The Morgan fingerprint density at radius 3 is 2.46 bits per heavy atom.